The fraction of sp³-hybridized carbons (Fsp3) is 0.625. The molecule has 1 aliphatic rings. The Morgan fingerprint density at radius 3 is 2.43 bits per heavy atom. The van der Waals surface area contributed by atoms with Crippen molar-refractivity contribution in [2.75, 3.05) is 13.1 Å². The first-order valence-electron chi connectivity index (χ1n) is 4.27. The Balaban J connectivity index is 2.77. The summed E-state index contributed by atoms with van der Waals surface area (Å²) < 4.78 is 22.6. The minimum absolute atomic E-state index is 0.0851. The van der Waals surface area contributed by atoms with Gasteiger partial charge in [0.1, 0.15) is 0 Å². The summed E-state index contributed by atoms with van der Waals surface area (Å²) in [5.41, 5.74) is 5.19. The Labute approximate surface area is 83.6 Å². The number of carbonyl (C=O) groups is 1. The van der Waals surface area contributed by atoms with E-state index in [1.54, 1.807) is 12.2 Å². The number of nitrogens with zero attached hydrogens (tertiary/aromatic N) is 1. The van der Waals surface area contributed by atoms with Gasteiger partial charge in [0.15, 0.2) is 4.75 Å². The topological polar surface area (TPSA) is 80.5 Å². The molecule has 0 aliphatic carbocycles. The van der Waals surface area contributed by atoms with Crippen LogP contribution in [0.5, 0.6) is 0 Å². The molecule has 0 aromatic rings. The summed E-state index contributed by atoms with van der Waals surface area (Å²) in [6.07, 6.45) is 3.19. The molecule has 2 N–H and O–H groups in total. The molecule has 80 valence electrons. The van der Waals surface area contributed by atoms with Crippen molar-refractivity contribution in [2.45, 2.75) is 18.6 Å². The van der Waals surface area contributed by atoms with E-state index in [0.717, 1.165) is 4.31 Å². The lowest BCUT2D eigenvalue weighted by Gasteiger charge is -2.42. The molecular weight excluding hydrogens is 204 g/mol. The van der Waals surface area contributed by atoms with E-state index < -0.39 is 14.8 Å². The van der Waals surface area contributed by atoms with Gasteiger partial charge in [-0.15, -0.1) is 0 Å². The number of sulfonamides is 1. The van der Waals surface area contributed by atoms with Gasteiger partial charge in [0.05, 0.1) is 6.54 Å². The third-order valence-electron chi connectivity index (χ3n) is 2.25. The largest absolute Gasteiger partial charge is 0.327 e. The minimum atomic E-state index is -3.44. The molecule has 1 fully saturated rings. The van der Waals surface area contributed by atoms with E-state index in [0.29, 0.717) is 6.54 Å². The van der Waals surface area contributed by atoms with Gasteiger partial charge in [0.2, 0.25) is 0 Å². The van der Waals surface area contributed by atoms with Gasteiger partial charge in [-0.25, -0.2) is 12.7 Å². The zero-order chi connectivity index (χ0) is 11.0. The van der Waals surface area contributed by atoms with Crippen molar-refractivity contribution >= 4 is 15.9 Å². The predicted octanol–water partition coefficient (Wildman–Crippen LogP) is -0.548. The van der Waals surface area contributed by atoms with Gasteiger partial charge < -0.3 is 5.73 Å². The van der Waals surface area contributed by atoms with Gasteiger partial charge in [-0.2, -0.15) is 0 Å². The molecule has 1 aliphatic heterocycles. The van der Waals surface area contributed by atoms with Crippen LogP contribution in [-0.4, -0.2) is 36.5 Å². The molecule has 0 radical (unpaired) electrons. The van der Waals surface area contributed by atoms with Crippen molar-refractivity contribution in [1.82, 2.24) is 4.31 Å². The smallest absolute Gasteiger partial charge is 0.259 e. The van der Waals surface area contributed by atoms with Gasteiger partial charge in [0, 0.05) is 6.54 Å². The van der Waals surface area contributed by atoms with Gasteiger partial charge in [-0.3, -0.25) is 4.79 Å². The number of rotatable bonds is 3. The average molecular weight is 218 g/mol. The zero-order valence-corrected chi connectivity index (χ0v) is 9.04. The maximum Gasteiger partial charge on any atom is 0.259 e. The maximum atomic E-state index is 11.5. The average Bonchev–Trinajstić information content (AvgIpc) is 2.11. The molecule has 1 rings (SSSR count). The summed E-state index contributed by atoms with van der Waals surface area (Å²) in [7, 11) is -3.44. The quantitative estimate of drug-likeness (QED) is 0.645. The van der Waals surface area contributed by atoms with Crippen LogP contribution in [0.3, 0.4) is 0 Å². The van der Waals surface area contributed by atoms with Gasteiger partial charge in [0.25, 0.3) is 15.9 Å². The SMILES string of the molecule is CC1(C)C(=O)N(C/C=C/CN)S1(=O)=O. The van der Waals surface area contributed by atoms with Gasteiger partial charge in [-0.1, -0.05) is 12.2 Å². The Bertz CT molecular complexity index is 370. The lowest BCUT2D eigenvalue weighted by atomic mass is 10.2. The Kier molecular flexibility index (Phi) is 2.69. The number of amides is 1. The molecule has 0 spiro atoms. The highest BCUT2D eigenvalue weighted by molar-refractivity contribution is 7.94. The molecule has 5 nitrogen and oxygen atoms in total. The molecule has 1 saturated heterocycles. The molecule has 0 unspecified atom stereocenters. The van der Waals surface area contributed by atoms with E-state index in [1.807, 2.05) is 0 Å². The zero-order valence-electron chi connectivity index (χ0n) is 8.23. The summed E-state index contributed by atoms with van der Waals surface area (Å²) in [6.45, 7) is 3.24. The Hall–Kier alpha value is -0.880. The van der Waals surface area contributed by atoms with Crippen LogP contribution in [0, 0.1) is 0 Å². The van der Waals surface area contributed by atoms with Crippen molar-refractivity contribution in [2.24, 2.45) is 5.73 Å². The molecule has 0 saturated carbocycles. The Morgan fingerprint density at radius 1 is 1.43 bits per heavy atom. The van der Waals surface area contributed by atoms with Crippen molar-refractivity contribution < 1.29 is 13.2 Å². The maximum absolute atomic E-state index is 11.5. The number of hydrogen-bond acceptors (Lipinski definition) is 4. The summed E-state index contributed by atoms with van der Waals surface area (Å²) in [5, 5.41) is 0. The number of nitrogens with two attached hydrogens (primary N) is 1. The summed E-state index contributed by atoms with van der Waals surface area (Å²) in [5.74, 6) is -0.362. The highest BCUT2D eigenvalue weighted by atomic mass is 32.2. The van der Waals surface area contributed by atoms with Crippen LogP contribution in [0.1, 0.15) is 13.8 Å². The third kappa shape index (κ3) is 1.34. The first kappa shape index (κ1) is 11.2. The van der Waals surface area contributed by atoms with Crippen molar-refractivity contribution in [3.8, 4) is 0 Å². The van der Waals surface area contributed by atoms with Crippen LogP contribution < -0.4 is 5.73 Å². The van der Waals surface area contributed by atoms with E-state index in [4.69, 9.17) is 5.73 Å². The highest BCUT2D eigenvalue weighted by Crippen LogP contribution is 2.34. The van der Waals surface area contributed by atoms with Crippen molar-refractivity contribution in [3.05, 3.63) is 12.2 Å². The molecule has 0 atom stereocenters. The van der Waals surface area contributed by atoms with Crippen LogP contribution in [0.25, 0.3) is 0 Å². The number of carbonyl (C=O) groups excluding carboxylic acids is 1. The van der Waals surface area contributed by atoms with Crippen LogP contribution in [0.2, 0.25) is 0 Å². The predicted molar refractivity (Wildman–Crippen MR) is 52.9 cm³/mol. The summed E-state index contributed by atoms with van der Waals surface area (Å²) in [4.78, 5) is 11.4. The second kappa shape index (κ2) is 3.36. The minimum Gasteiger partial charge on any atom is -0.327 e. The van der Waals surface area contributed by atoms with Crippen LogP contribution in [0.15, 0.2) is 12.2 Å². The fourth-order valence-corrected chi connectivity index (χ4v) is 2.68. The first-order chi connectivity index (χ1) is 6.35. The van der Waals surface area contributed by atoms with E-state index >= 15 is 0 Å². The fourth-order valence-electron chi connectivity index (χ4n) is 1.20. The lowest BCUT2D eigenvalue weighted by Crippen LogP contribution is -2.67. The third-order valence-corrected chi connectivity index (χ3v) is 4.61. The van der Waals surface area contributed by atoms with E-state index in [-0.39, 0.29) is 12.5 Å². The lowest BCUT2D eigenvalue weighted by molar-refractivity contribution is -0.131. The molecule has 6 heteroatoms. The molecule has 1 heterocycles. The standard InChI is InChI=1S/C8H14N2O3S/c1-8(2)7(11)10(14(8,12)13)6-4-3-5-9/h3-4H,5-6,9H2,1-2H3/b4-3+. The van der Waals surface area contributed by atoms with Crippen molar-refractivity contribution in [3.63, 3.8) is 0 Å². The first-order valence-corrected chi connectivity index (χ1v) is 5.71. The normalized spacial score (nSPS) is 23.9. The van der Waals surface area contributed by atoms with Crippen molar-refractivity contribution in [1.29, 1.82) is 0 Å². The molecular formula is C8H14N2O3S. The highest BCUT2D eigenvalue weighted by Gasteiger charge is 2.59. The molecule has 0 bridgehead atoms. The van der Waals surface area contributed by atoms with Crippen LogP contribution in [-0.2, 0) is 14.8 Å². The van der Waals surface area contributed by atoms with Gasteiger partial charge in [-0.05, 0) is 13.8 Å². The van der Waals surface area contributed by atoms with E-state index in [1.165, 1.54) is 13.8 Å². The Morgan fingerprint density at radius 2 is 2.00 bits per heavy atom. The summed E-state index contributed by atoms with van der Waals surface area (Å²) in [6, 6.07) is 0. The van der Waals surface area contributed by atoms with Crippen LogP contribution >= 0.6 is 0 Å². The molecule has 0 aromatic heterocycles. The second-order valence-electron chi connectivity index (χ2n) is 3.56. The summed E-state index contributed by atoms with van der Waals surface area (Å²) >= 11 is 0. The van der Waals surface area contributed by atoms with E-state index in [9.17, 15) is 13.2 Å². The second-order valence-corrected chi connectivity index (χ2v) is 5.97. The molecule has 14 heavy (non-hydrogen) atoms. The molecule has 0 aromatic carbocycles. The monoisotopic (exact) mass is 218 g/mol. The van der Waals surface area contributed by atoms with E-state index in [2.05, 4.69) is 0 Å². The van der Waals surface area contributed by atoms with Gasteiger partial charge >= 0.3 is 0 Å². The number of hydrogen-bond donors (Lipinski definition) is 1. The van der Waals surface area contributed by atoms with Crippen LogP contribution in [0.4, 0.5) is 0 Å². The molecule has 1 amide bonds.